The first kappa shape index (κ1) is 26.7. The summed E-state index contributed by atoms with van der Waals surface area (Å²) < 4.78 is 36.5. The third kappa shape index (κ3) is 22.8. The van der Waals surface area contributed by atoms with Crippen molar-refractivity contribution in [1.29, 1.82) is 0 Å². The Hall–Kier alpha value is -1.26. The summed E-state index contributed by atoms with van der Waals surface area (Å²) in [5.74, 6) is -0.579. The molecule has 0 unspecified atom stereocenters. The summed E-state index contributed by atoms with van der Waals surface area (Å²) in [6.07, 6.45) is 0.234. The highest BCUT2D eigenvalue weighted by Gasteiger charge is 2.15. The van der Waals surface area contributed by atoms with E-state index in [2.05, 4.69) is 0 Å². The number of hydrogen-bond donors (Lipinski definition) is 0. The van der Waals surface area contributed by atoms with E-state index in [1.54, 1.807) is 0 Å². The first-order chi connectivity index (χ1) is 13.3. The van der Waals surface area contributed by atoms with Gasteiger partial charge in [-0.05, 0) is 20.8 Å². The summed E-state index contributed by atoms with van der Waals surface area (Å²) in [7, 11) is 0. The molecule has 0 aliphatic rings. The van der Waals surface area contributed by atoms with E-state index in [4.69, 9.17) is 33.2 Å². The van der Waals surface area contributed by atoms with Crippen LogP contribution in [-0.4, -0.2) is 90.2 Å². The van der Waals surface area contributed by atoms with Gasteiger partial charge >= 0.3 is 11.9 Å². The van der Waals surface area contributed by atoms with Crippen molar-refractivity contribution in [3.8, 4) is 0 Å². The van der Waals surface area contributed by atoms with Gasteiger partial charge in [0.05, 0.1) is 72.5 Å². The molecule has 166 valence electrons. The van der Waals surface area contributed by atoms with Gasteiger partial charge in [0, 0.05) is 6.92 Å². The molecule has 0 aliphatic heterocycles. The summed E-state index contributed by atoms with van der Waals surface area (Å²) in [4.78, 5) is 22.0. The maximum absolute atomic E-state index is 11.5. The molecular weight excluding hydrogens is 372 g/mol. The Morgan fingerprint density at radius 2 is 0.964 bits per heavy atom. The second-order valence-corrected chi connectivity index (χ2v) is 6.74. The minimum Gasteiger partial charge on any atom is -0.463 e. The molecule has 0 heterocycles. The predicted octanol–water partition coefficient (Wildman–Crippen LogP) is 1.36. The molecule has 0 rings (SSSR count). The van der Waals surface area contributed by atoms with Crippen LogP contribution in [0.4, 0.5) is 0 Å². The molecule has 9 nitrogen and oxygen atoms in total. The van der Waals surface area contributed by atoms with Gasteiger partial charge in [-0.2, -0.15) is 0 Å². The van der Waals surface area contributed by atoms with Gasteiger partial charge in [0.1, 0.15) is 12.2 Å². The van der Waals surface area contributed by atoms with Crippen LogP contribution in [0.3, 0.4) is 0 Å². The van der Waals surface area contributed by atoms with Crippen molar-refractivity contribution in [2.75, 3.05) is 72.7 Å². The van der Waals surface area contributed by atoms with E-state index in [0.29, 0.717) is 66.1 Å². The van der Waals surface area contributed by atoms with Gasteiger partial charge in [0.2, 0.25) is 0 Å². The van der Waals surface area contributed by atoms with E-state index in [0.717, 1.165) is 0 Å². The van der Waals surface area contributed by atoms with Crippen LogP contribution in [0, 0.1) is 0 Å². The van der Waals surface area contributed by atoms with Crippen LogP contribution in [0.15, 0.2) is 0 Å². The number of hydrogen-bond acceptors (Lipinski definition) is 9. The van der Waals surface area contributed by atoms with Crippen LogP contribution >= 0.6 is 0 Å². The maximum Gasteiger partial charge on any atom is 0.308 e. The molecule has 0 N–H and O–H groups in total. The van der Waals surface area contributed by atoms with Gasteiger partial charge in [-0.3, -0.25) is 9.59 Å². The SMILES string of the molecule is CC(=O)OCCOCCOCCOCCOCCOCCC(=O)OC(C)(C)C. The maximum atomic E-state index is 11.5. The van der Waals surface area contributed by atoms with Gasteiger partial charge in [-0.25, -0.2) is 0 Å². The van der Waals surface area contributed by atoms with Gasteiger partial charge in [0.15, 0.2) is 0 Å². The van der Waals surface area contributed by atoms with Crippen molar-refractivity contribution in [2.45, 2.75) is 39.7 Å². The number of rotatable bonds is 18. The van der Waals surface area contributed by atoms with Crippen molar-refractivity contribution in [3.05, 3.63) is 0 Å². The number of esters is 2. The number of carbonyl (C=O) groups excluding carboxylic acids is 2. The Bertz CT molecular complexity index is 393. The summed E-state index contributed by atoms with van der Waals surface area (Å²) in [5.41, 5.74) is -0.467. The van der Waals surface area contributed by atoms with E-state index in [1.807, 2.05) is 20.8 Å². The minimum atomic E-state index is -0.467. The summed E-state index contributed by atoms with van der Waals surface area (Å²) in [5, 5.41) is 0. The van der Waals surface area contributed by atoms with Crippen LogP contribution in [0.2, 0.25) is 0 Å². The lowest BCUT2D eigenvalue weighted by molar-refractivity contribution is -0.156. The van der Waals surface area contributed by atoms with Gasteiger partial charge in [-0.15, -0.1) is 0 Å². The summed E-state index contributed by atoms with van der Waals surface area (Å²) >= 11 is 0. The molecule has 0 aromatic rings. The fraction of sp³-hybridized carbons (Fsp3) is 0.895. The third-order valence-electron chi connectivity index (χ3n) is 2.89. The number of ether oxygens (including phenoxy) is 7. The highest BCUT2D eigenvalue weighted by Crippen LogP contribution is 2.07. The first-order valence-corrected chi connectivity index (χ1v) is 9.55. The monoisotopic (exact) mass is 408 g/mol. The predicted molar refractivity (Wildman–Crippen MR) is 101 cm³/mol. The minimum absolute atomic E-state index is 0.234. The Morgan fingerprint density at radius 1 is 0.607 bits per heavy atom. The molecule has 9 heteroatoms. The molecule has 0 amide bonds. The van der Waals surface area contributed by atoms with Crippen molar-refractivity contribution in [3.63, 3.8) is 0 Å². The fourth-order valence-corrected chi connectivity index (χ4v) is 1.77. The lowest BCUT2D eigenvalue weighted by Gasteiger charge is -2.19. The van der Waals surface area contributed by atoms with Crippen molar-refractivity contribution >= 4 is 11.9 Å². The fourth-order valence-electron chi connectivity index (χ4n) is 1.77. The average Bonchev–Trinajstić information content (AvgIpc) is 2.59. The smallest absolute Gasteiger partial charge is 0.308 e. The molecule has 0 saturated heterocycles. The Labute approximate surface area is 167 Å². The van der Waals surface area contributed by atoms with Crippen molar-refractivity contribution < 1.29 is 42.7 Å². The summed E-state index contributed by atoms with van der Waals surface area (Å²) in [6.45, 7) is 11.4. The molecule has 0 spiro atoms. The molecule has 0 fully saturated rings. The zero-order chi connectivity index (χ0) is 21.1. The lowest BCUT2D eigenvalue weighted by Crippen LogP contribution is -2.24. The molecule has 0 atom stereocenters. The van der Waals surface area contributed by atoms with E-state index < -0.39 is 5.60 Å². The van der Waals surface area contributed by atoms with Crippen LogP contribution in [0.25, 0.3) is 0 Å². The number of carbonyl (C=O) groups is 2. The van der Waals surface area contributed by atoms with Crippen molar-refractivity contribution in [2.24, 2.45) is 0 Å². The molecule has 0 bridgehead atoms. The van der Waals surface area contributed by atoms with Gasteiger partial charge in [0.25, 0.3) is 0 Å². The van der Waals surface area contributed by atoms with Crippen LogP contribution < -0.4 is 0 Å². The highest BCUT2D eigenvalue weighted by molar-refractivity contribution is 5.69. The molecule has 0 saturated carbocycles. The Balaban J connectivity index is 3.14. The molecule has 0 radical (unpaired) electrons. The van der Waals surface area contributed by atoms with E-state index in [-0.39, 0.29) is 25.0 Å². The van der Waals surface area contributed by atoms with Crippen LogP contribution in [0.1, 0.15) is 34.1 Å². The summed E-state index contributed by atoms with van der Waals surface area (Å²) in [6, 6.07) is 0. The standard InChI is InChI=1S/C19H36O9/c1-17(20)27-16-15-26-14-13-25-12-11-24-10-9-23-8-7-22-6-5-18(21)28-19(2,3)4/h5-16H2,1-4H3. The molecule has 0 aromatic carbocycles. The topological polar surface area (TPSA) is 98.8 Å². The molecular formula is C19H36O9. The normalized spacial score (nSPS) is 11.4. The zero-order valence-corrected chi connectivity index (χ0v) is 17.7. The molecule has 0 aliphatic carbocycles. The Kier molecular flexibility index (Phi) is 17.0. The lowest BCUT2D eigenvalue weighted by atomic mass is 10.2. The second-order valence-electron chi connectivity index (χ2n) is 6.74. The third-order valence-corrected chi connectivity index (χ3v) is 2.89. The molecule has 28 heavy (non-hydrogen) atoms. The van der Waals surface area contributed by atoms with Crippen molar-refractivity contribution in [1.82, 2.24) is 0 Å². The van der Waals surface area contributed by atoms with Crippen LogP contribution in [0.5, 0.6) is 0 Å². The Morgan fingerprint density at radius 3 is 1.32 bits per heavy atom. The van der Waals surface area contributed by atoms with Crippen LogP contribution in [-0.2, 0) is 42.7 Å². The zero-order valence-electron chi connectivity index (χ0n) is 17.7. The van der Waals surface area contributed by atoms with E-state index in [9.17, 15) is 9.59 Å². The molecule has 0 aromatic heterocycles. The largest absolute Gasteiger partial charge is 0.463 e. The first-order valence-electron chi connectivity index (χ1n) is 9.55. The average molecular weight is 408 g/mol. The van der Waals surface area contributed by atoms with E-state index >= 15 is 0 Å². The van der Waals surface area contributed by atoms with Gasteiger partial charge in [-0.1, -0.05) is 0 Å². The highest BCUT2D eigenvalue weighted by atomic mass is 16.6. The quantitative estimate of drug-likeness (QED) is 0.246. The van der Waals surface area contributed by atoms with E-state index in [1.165, 1.54) is 6.92 Å². The van der Waals surface area contributed by atoms with Gasteiger partial charge < -0.3 is 33.2 Å². The second kappa shape index (κ2) is 17.8.